The number of esters is 1. The number of nitrogen functional groups attached to an aromatic ring is 1. The number of rotatable bonds is 7. The lowest BCUT2D eigenvalue weighted by Gasteiger charge is -2.15. The van der Waals surface area contributed by atoms with Crippen LogP contribution < -0.4 is 11.3 Å². The van der Waals surface area contributed by atoms with Crippen molar-refractivity contribution < 1.29 is 14.3 Å². The van der Waals surface area contributed by atoms with Gasteiger partial charge in [-0.25, -0.2) is 9.78 Å². The van der Waals surface area contributed by atoms with E-state index in [1.54, 1.807) is 44.3 Å². The van der Waals surface area contributed by atoms with Crippen LogP contribution in [0.15, 0.2) is 40.8 Å². The van der Waals surface area contributed by atoms with Crippen LogP contribution in [0.5, 0.6) is 0 Å². The van der Waals surface area contributed by atoms with E-state index < -0.39 is 17.8 Å². The number of aromatic nitrogens is 4. The fraction of sp³-hybridized carbons (Fsp3) is 0.211. The highest BCUT2D eigenvalue weighted by atomic mass is 32.9. The van der Waals surface area contributed by atoms with Crippen LogP contribution in [0.2, 0.25) is 0 Å². The Kier molecular flexibility index (Phi) is 6.23. The van der Waals surface area contributed by atoms with Crippen LogP contribution in [0.4, 0.5) is 5.95 Å². The van der Waals surface area contributed by atoms with E-state index in [-0.39, 0.29) is 24.7 Å². The van der Waals surface area contributed by atoms with Crippen molar-refractivity contribution in [3.63, 3.8) is 0 Å². The molecule has 31 heavy (non-hydrogen) atoms. The molecule has 0 fully saturated rings. The zero-order valence-electron chi connectivity index (χ0n) is 16.2. The zero-order valence-corrected chi connectivity index (χ0v) is 18.7. The minimum Gasteiger partial charge on any atom is -0.460 e. The van der Waals surface area contributed by atoms with Gasteiger partial charge in [0.05, 0.1) is 18.5 Å². The second-order valence-corrected chi connectivity index (χ2v) is 9.20. The molecule has 3 heterocycles. The predicted octanol–water partition coefficient (Wildman–Crippen LogP) is 3.61. The fourth-order valence-corrected chi connectivity index (χ4v) is 5.30. The molecule has 3 aromatic heterocycles. The number of ether oxygens (including phenoxy) is 2. The molecule has 0 saturated heterocycles. The van der Waals surface area contributed by atoms with Crippen LogP contribution in [0.1, 0.15) is 23.5 Å². The van der Waals surface area contributed by atoms with E-state index >= 15 is 0 Å². The first-order valence-corrected chi connectivity index (χ1v) is 11.8. The van der Waals surface area contributed by atoms with Gasteiger partial charge in [-0.1, -0.05) is 45.0 Å². The number of fused-ring (bicyclic) bond motifs is 1. The molecule has 12 heteroatoms. The first-order valence-electron chi connectivity index (χ1n) is 9.13. The van der Waals surface area contributed by atoms with E-state index in [1.165, 1.54) is 6.33 Å². The third-order valence-corrected chi connectivity index (χ3v) is 7.12. The number of imidazole rings is 1. The van der Waals surface area contributed by atoms with Crippen molar-refractivity contribution >= 4 is 56.0 Å². The van der Waals surface area contributed by atoms with Gasteiger partial charge in [0.15, 0.2) is 11.2 Å². The number of aromatic amines is 1. The van der Waals surface area contributed by atoms with Crippen molar-refractivity contribution in [2.24, 2.45) is 0 Å². The largest absolute Gasteiger partial charge is 0.460 e. The lowest BCUT2D eigenvalue weighted by atomic mass is 10.1. The number of nitrogens with two attached hydrogens (primary N) is 1. The highest BCUT2D eigenvalue weighted by Crippen LogP contribution is 2.28. The average molecular weight is 476 g/mol. The Morgan fingerprint density at radius 1 is 1.32 bits per heavy atom. The highest BCUT2D eigenvalue weighted by molar-refractivity contribution is 7.79. The van der Waals surface area contributed by atoms with Crippen LogP contribution in [0.3, 0.4) is 0 Å². The molecule has 0 aliphatic rings. The Morgan fingerprint density at radius 3 is 2.81 bits per heavy atom. The van der Waals surface area contributed by atoms with Crippen LogP contribution >= 0.6 is 32.9 Å². The van der Waals surface area contributed by atoms with Crippen LogP contribution in [0, 0.1) is 3.82 Å². The molecule has 0 saturated carbocycles. The smallest absolute Gasteiger partial charge is 0.338 e. The van der Waals surface area contributed by atoms with Crippen LogP contribution in [0.25, 0.3) is 22.3 Å². The van der Waals surface area contributed by atoms with Gasteiger partial charge in [0.25, 0.3) is 5.56 Å². The lowest BCUT2D eigenvalue weighted by Crippen LogP contribution is -2.16. The van der Waals surface area contributed by atoms with Gasteiger partial charge in [-0.2, -0.15) is 4.98 Å². The van der Waals surface area contributed by atoms with Gasteiger partial charge in [-0.05, 0) is 24.6 Å². The average Bonchev–Trinajstić information content (AvgIpc) is 3.37. The highest BCUT2D eigenvalue weighted by Gasteiger charge is 2.15. The Balaban J connectivity index is 1.32. The van der Waals surface area contributed by atoms with Gasteiger partial charge in [0.2, 0.25) is 5.95 Å². The number of carbonyl (C=O) groups is 1. The molecule has 0 radical (unpaired) electrons. The molecule has 0 aliphatic heterocycles. The first kappa shape index (κ1) is 21.3. The molecule has 1 atom stereocenters. The monoisotopic (exact) mass is 475 g/mol. The molecular weight excluding hydrogens is 458 g/mol. The molecule has 0 bridgehead atoms. The summed E-state index contributed by atoms with van der Waals surface area (Å²) in [6.07, 6.45) is 0.962. The normalized spacial score (nSPS) is 12.2. The van der Waals surface area contributed by atoms with Crippen molar-refractivity contribution in [2.75, 3.05) is 18.9 Å². The molecular formula is C19H17N5O4S3. The van der Waals surface area contributed by atoms with Crippen molar-refractivity contribution in [1.82, 2.24) is 19.5 Å². The summed E-state index contributed by atoms with van der Waals surface area (Å²) in [7, 11) is 3.13. The molecule has 3 N–H and O–H groups in total. The van der Waals surface area contributed by atoms with Gasteiger partial charge in [0.1, 0.15) is 16.7 Å². The molecule has 0 aliphatic carbocycles. The van der Waals surface area contributed by atoms with Crippen molar-refractivity contribution in [3.8, 4) is 11.1 Å². The minimum absolute atomic E-state index is 0.00467. The molecule has 1 unspecified atom stereocenters. The summed E-state index contributed by atoms with van der Waals surface area (Å²) >= 11 is 5.30. The van der Waals surface area contributed by atoms with E-state index in [2.05, 4.69) is 15.0 Å². The Bertz CT molecular complexity index is 1340. The van der Waals surface area contributed by atoms with E-state index in [9.17, 15) is 9.59 Å². The fourth-order valence-electron chi connectivity index (χ4n) is 2.91. The van der Waals surface area contributed by atoms with E-state index in [1.807, 2.05) is 17.5 Å². The lowest BCUT2D eigenvalue weighted by molar-refractivity contribution is -0.0127. The Morgan fingerprint density at radius 2 is 2.10 bits per heavy atom. The minimum atomic E-state index is -0.490. The van der Waals surface area contributed by atoms with Gasteiger partial charge >= 0.3 is 5.97 Å². The standard InChI is InChI=1S/C19H17N5O4S3/c1-10(24-9-21-14-15(24)22-19(20)23-16(14)25)27-6-7-28-17(26)12-4-2-11(3-5-12)13-8-30-31-18(13)29/h2-5,8-10H,6-7H2,1H3,(H3,20,22,23,25). The second-order valence-electron chi connectivity index (χ2n) is 6.46. The maximum Gasteiger partial charge on any atom is 0.338 e. The predicted molar refractivity (Wildman–Crippen MR) is 122 cm³/mol. The number of H-pyrrole nitrogens is 1. The Hall–Kier alpha value is -2.93. The summed E-state index contributed by atoms with van der Waals surface area (Å²) in [5.41, 5.74) is 8.08. The molecule has 0 amide bonds. The van der Waals surface area contributed by atoms with Gasteiger partial charge < -0.3 is 15.2 Å². The number of nitrogens with one attached hydrogen (secondary N) is 1. The van der Waals surface area contributed by atoms with Crippen LogP contribution in [-0.4, -0.2) is 38.7 Å². The van der Waals surface area contributed by atoms with Crippen molar-refractivity contribution in [1.29, 1.82) is 0 Å². The number of benzene rings is 1. The second kappa shape index (κ2) is 9.06. The molecule has 4 rings (SSSR count). The summed E-state index contributed by atoms with van der Waals surface area (Å²) in [6.45, 7) is 1.98. The van der Waals surface area contributed by atoms with E-state index in [0.29, 0.717) is 11.2 Å². The molecule has 9 nitrogen and oxygen atoms in total. The third kappa shape index (κ3) is 4.56. The number of carbonyl (C=O) groups excluding carboxylic acids is 1. The number of hydrogen-bond acceptors (Lipinski definition) is 10. The quantitative estimate of drug-likeness (QED) is 0.180. The number of hydrogen-bond donors (Lipinski definition) is 2. The molecule has 1 aromatic carbocycles. The summed E-state index contributed by atoms with van der Waals surface area (Å²) < 4.78 is 13.4. The molecule has 0 spiro atoms. The topological polar surface area (TPSA) is 125 Å². The SMILES string of the molecule is CC(OCCOC(=O)c1ccc(-c2cssc2=S)cc1)n1cnc2c(=O)[nH]c(N)nc21. The van der Waals surface area contributed by atoms with Crippen molar-refractivity contribution in [3.05, 3.63) is 55.7 Å². The number of nitrogens with zero attached hydrogens (tertiary/aromatic N) is 3. The van der Waals surface area contributed by atoms with Gasteiger partial charge in [-0.15, -0.1) is 0 Å². The van der Waals surface area contributed by atoms with Crippen molar-refractivity contribution in [2.45, 2.75) is 13.2 Å². The third-order valence-electron chi connectivity index (χ3n) is 4.46. The summed E-state index contributed by atoms with van der Waals surface area (Å²) in [6, 6.07) is 7.13. The number of anilines is 1. The van der Waals surface area contributed by atoms with Gasteiger partial charge in [0, 0.05) is 10.9 Å². The first-order chi connectivity index (χ1) is 14.9. The summed E-state index contributed by atoms with van der Waals surface area (Å²) in [5.74, 6) is -0.446. The Labute approximate surface area is 188 Å². The van der Waals surface area contributed by atoms with Gasteiger partial charge in [-0.3, -0.25) is 14.3 Å². The molecule has 160 valence electrons. The summed E-state index contributed by atoms with van der Waals surface area (Å²) in [4.78, 5) is 34.6. The van der Waals surface area contributed by atoms with E-state index in [4.69, 9.17) is 27.4 Å². The maximum atomic E-state index is 12.3. The van der Waals surface area contributed by atoms with Crippen LogP contribution in [-0.2, 0) is 9.47 Å². The zero-order chi connectivity index (χ0) is 22.0. The van der Waals surface area contributed by atoms with E-state index in [0.717, 1.165) is 15.0 Å². The maximum absolute atomic E-state index is 12.3. The molecule has 4 aromatic rings. The summed E-state index contributed by atoms with van der Waals surface area (Å²) in [5, 5.41) is 2.00.